The Bertz CT molecular complexity index is 292. The average molecular weight is 237 g/mol. The summed E-state index contributed by atoms with van der Waals surface area (Å²) in [4.78, 5) is 0. The van der Waals surface area contributed by atoms with Gasteiger partial charge in [-0.1, -0.05) is 34.8 Å². The number of rotatable bonds is 3. The molecule has 0 fully saturated rings. The van der Waals surface area contributed by atoms with Crippen LogP contribution in [0, 0.1) is 0 Å². The molecule has 0 unspecified atom stereocenters. The second kappa shape index (κ2) is 5.38. The Balaban J connectivity index is 2.51. The van der Waals surface area contributed by atoms with E-state index in [0.717, 1.165) is 5.69 Å². The minimum atomic E-state index is 0.521. The van der Waals surface area contributed by atoms with Gasteiger partial charge in [-0.05, 0) is 24.3 Å². The van der Waals surface area contributed by atoms with E-state index in [1.807, 2.05) is 24.3 Å². The Morgan fingerprint density at radius 3 is 2.46 bits per heavy atom. The normalized spacial score (nSPS) is 11.5. The van der Waals surface area contributed by atoms with E-state index in [9.17, 15) is 0 Å². The number of hydrogen-bond donors (Lipinski definition) is 1. The second-order valence-electron chi connectivity index (χ2n) is 2.42. The van der Waals surface area contributed by atoms with Crippen LogP contribution in [0.4, 0.5) is 5.69 Å². The maximum absolute atomic E-state index is 5.72. The molecule has 0 bridgehead atoms. The lowest BCUT2D eigenvalue weighted by Crippen LogP contribution is -2.00. The minimum Gasteiger partial charge on any atom is -0.380 e. The minimum absolute atomic E-state index is 0.521. The van der Waals surface area contributed by atoms with Gasteiger partial charge >= 0.3 is 0 Å². The smallest absolute Gasteiger partial charge is 0.0516 e. The molecule has 0 saturated carbocycles. The first kappa shape index (κ1) is 10.7. The van der Waals surface area contributed by atoms with Crippen molar-refractivity contribution in [3.8, 4) is 0 Å². The van der Waals surface area contributed by atoms with Gasteiger partial charge in [-0.2, -0.15) is 0 Å². The van der Waals surface area contributed by atoms with E-state index in [-0.39, 0.29) is 0 Å². The number of benzene rings is 1. The predicted molar refractivity (Wildman–Crippen MR) is 59.7 cm³/mol. The van der Waals surface area contributed by atoms with E-state index in [0.29, 0.717) is 16.6 Å². The zero-order chi connectivity index (χ0) is 9.68. The molecule has 1 N–H and O–H groups in total. The third-order valence-corrected chi connectivity index (χ3v) is 2.29. The Morgan fingerprint density at radius 1 is 1.31 bits per heavy atom. The zero-order valence-corrected chi connectivity index (χ0v) is 9.00. The third-order valence-electron chi connectivity index (χ3n) is 1.42. The number of hydrogen-bond acceptors (Lipinski definition) is 1. The summed E-state index contributed by atoms with van der Waals surface area (Å²) in [7, 11) is 0. The molecule has 13 heavy (non-hydrogen) atoms. The maximum Gasteiger partial charge on any atom is 0.0516 e. The molecule has 70 valence electrons. The van der Waals surface area contributed by atoms with E-state index >= 15 is 0 Å². The van der Waals surface area contributed by atoms with Gasteiger partial charge in [0.25, 0.3) is 0 Å². The van der Waals surface area contributed by atoms with Gasteiger partial charge in [0.2, 0.25) is 0 Å². The number of nitrogens with one attached hydrogen (secondary N) is 1. The molecule has 1 nitrogen and oxygen atoms in total. The van der Waals surface area contributed by atoms with Crippen LogP contribution in [0.15, 0.2) is 34.8 Å². The highest BCUT2D eigenvalue weighted by Crippen LogP contribution is 2.14. The van der Waals surface area contributed by atoms with Crippen molar-refractivity contribution in [2.45, 2.75) is 0 Å². The van der Waals surface area contributed by atoms with Crippen molar-refractivity contribution >= 4 is 40.5 Å². The molecule has 0 amide bonds. The Morgan fingerprint density at radius 2 is 1.92 bits per heavy atom. The lowest BCUT2D eigenvalue weighted by Gasteiger charge is -2.04. The third kappa shape index (κ3) is 3.90. The highest BCUT2D eigenvalue weighted by molar-refractivity contribution is 6.36. The monoisotopic (exact) mass is 235 g/mol. The van der Waals surface area contributed by atoms with E-state index < -0.39 is 0 Å². The van der Waals surface area contributed by atoms with Crippen LogP contribution in [0.3, 0.4) is 0 Å². The molecule has 4 heteroatoms. The topological polar surface area (TPSA) is 12.0 Å². The van der Waals surface area contributed by atoms with Gasteiger partial charge < -0.3 is 5.32 Å². The summed E-state index contributed by atoms with van der Waals surface area (Å²) in [6, 6.07) is 7.37. The summed E-state index contributed by atoms with van der Waals surface area (Å²) < 4.78 is 0. The summed E-state index contributed by atoms with van der Waals surface area (Å²) in [5, 5.41) is 4.36. The summed E-state index contributed by atoms with van der Waals surface area (Å²) in [5.41, 5.74) is 2.30. The summed E-state index contributed by atoms with van der Waals surface area (Å²) >= 11 is 16.8. The highest BCUT2D eigenvalue weighted by atomic mass is 35.5. The first-order chi connectivity index (χ1) is 6.22. The molecule has 1 aromatic rings. The molecule has 0 radical (unpaired) electrons. The fourth-order valence-electron chi connectivity index (χ4n) is 0.793. The molecule has 0 aliphatic carbocycles. The van der Waals surface area contributed by atoms with Gasteiger partial charge in [0.1, 0.15) is 0 Å². The van der Waals surface area contributed by atoms with E-state index in [1.165, 1.54) is 5.54 Å². The molecule has 0 spiro atoms. The molecule has 0 saturated heterocycles. The van der Waals surface area contributed by atoms with E-state index in [1.54, 1.807) is 0 Å². The number of anilines is 1. The van der Waals surface area contributed by atoms with Crippen LogP contribution in [0.5, 0.6) is 0 Å². The first-order valence-electron chi connectivity index (χ1n) is 3.66. The molecule has 0 aliphatic heterocycles. The van der Waals surface area contributed by atoms with Crippen molar-refractivity contribution in [3.05, 3.63) is 39.9 Å². The van der Waals surface area contributed by atoms with Crippen LogP contribution in [-0.4, -0.2) is 6.54 Å². The SMILES string of the molecule is ClC=C(Cl)CNc1ccc(Cl)cc1. The van der Waals surface area contributed by atoms with E-state index in [2.05, 4.69) is 5.32 Å². The van der Waals surface area contributed by atoms with Gasteiger partial charge in [-0.25, -0.2) is 0 Å². The van der Waals surface area contributed by atoms with Gasteiger partial charge in [-0.3, -0.25) is 0 Å². The largest absolute Gasteiger partial charge is 0.380 e. The Hall–Kier alpha value is -0.370. The zero-order valence-electron chi connectivity index (χ0n) is 6.73. The molecular formula is C9H8Cl3N. The summed E-state index contributed by atoms with van der Waals surface area (Å²) in [5.74, 6) is 0. The van der Waals surface area contributed by atoms with Crippen LogP contribution in [0.25, 0.3) is 0 Å². The molecule has 0 atom stereocenters. The lowest BCUT2D eigenvalue weighted by atomic mass is 10.3. The van der Waals surface area contributed by atoms with Crippen LogP contribution in [0.1, 0.15) is 0 Å². The van der Waals surface area contributed by atoms with Crippen molar-refractivity contribution in [3.63, 3.8) is 0 Å². The lowest BCUT2D eigenvalue weighted by molar-refractivity contribution is 1.31. The summed E-state index contributed by atoms with van der Waals surface area (Å²) in [6.45, 7) is 0.521. The van der Waals surface area contributed by atoms with Crippen molar-refractivity contribution in [1.82, 2.24) is 0 Å². The maximum atomic E-state index is 5.72. The van der Waals surface area contributed by atoms with Crippen LogP contribution < -0.4 is 5.32 Å². The van der Waals surface area contributed by atoms with E-state index in [4.69, 9.17) is 34.8 Å². The number of halogens is 3. The standard InChI is InChI=1S/C9H8Cl3N/c10-5-8(12)6-13-9-3-1-7(11)2-4-9/h1-5,13H,6H2. The fraction of sp³-hybridized carbons (Fsp3) is 0.111. The van der Waals surface area contributed by atoms with Crippen molar-refractivity contribution in [1.29, 1.82) is 0 Å². The van der Waals surface area contributed by atoms with Gasteiger partial charge in [0.05, 0.1) is 6.54 Å². The van der Waals surface area contributed by atoms with Crippen LogP contribution in [-0.2, 0) is 0 Å². The van der Waals surface area contributed by atoms with Crippen molar-refractivity contribution in [2.24, 2.45) is 0 Å². The average Bonchev–Trinajstić information content (AvgIpc) is 2.16. The van der Waals surface area contributed by atoms with Crippen LogP contribution >= 0.6 is 34.8 Å². The molecule has 1 aromatic carbocycles. The molecule has 1 rings (SSSR count). The second-order valence-corrected chi connectivity index (χ2v) is 3.56. The van der Waals surface area contributed by atoms with Crippen molar-refractivity contribution in [2.75, 3.05) is 11.9 Å². The Labute approximate surface area is 92.3 Å². The van der Waals surface area contributed by atoms with Gasteiger partial charge in [0.15, 0.2) is 0 Å². The molecule has 0 aromatic heterocycles. The molecule has 0 aliphatic rings. The van der Waals surface area contributed by atoms with Gasteiger partial charge in [-0.15, -0.1) is 0 Å². The van der Waals surface area contributed by atoms with Crippen LogP contribution in [0.2, 0.25) is 5.02 Å². The summed E-state index contributed by atoms with van der Waals surface area (Å²) in [6.07, 6.45) is 0. The fourth-order valence-corrected chi connectivity index (χ4v) is 1.06. The highest BCUT2D eigenvalue weighted by Gasteiger charge is 1.93. The predicted octanol–water partition coefficient (Wildman–Crippen LogP) is 4.07. The molecular weight excluding hydrogens is 228 g/mol. The quantitative estimate of drug-likeness (QED) is 0.834. The Kier molecular flexibility index (Phi) is 4.43. The first-order valence-corrected chi connectivity index (χ1v) is 4.86. The molecule has 0 heterocycles. The van der Waals surface area contributed by atoms with Gasteiger partial charge in [0, 0.05) is 21.3 Å². The van der Waals surface area contributed by atoms with Crippen molar-refractivity contribution < 1.29 is 0 Å².